The summed E-state index contributed by atoms with van der Waals surface area (Å²) in [6, 6.07) is 7.31. The second-order valence-electron chi connectivity index (χ2n) is 10.2. The molecule has 7 heteroatoms. The molecule has 1 saturated carbocycles. The second kappa shape index (κ2) is 10.2. The van der Waals surface area contributed by atoms with Gasteiger partial charge in [0.05, 0.1) is 17.2 Å². The molecule has 4 rings (SSSR count). The van der Waals surface area contributed by atoms with Crippen LogP contribution in [0.5, 0.6) is 5.88 Å². The number of fused-ring (bicyclic) bond motifs is 1. The van der Waals surface area contributed by atoms with Gasteiger partial charge in [0.25, 0.3) is 0 Å². The van der Waals surface area contributed by atoms with Crippen LogP contribution in [0.4, 0.5) is 5.69 Å². The van der Waals surface area contributed by atoms with E-state index in [0.717, 1.165) is 30.6 Å². The number of hydrogen-bond acceptors (Lipinski definition) is 6. The summed E-state index contributed by atoms with van der Waals surface area (Å²) >= 11 is 1.29. The number of nitrogens with zero attached hydrogens (tertiary/aromatic N) is 2. The van der Waals surface area contributed by atoms with Crippen LogP contribution < -0.4 is 9.64 Å². The van der Waals surface area contributed by atoms with Gasteiger partial charge in [-0.2, -0.15) is 0 Å². The van der Waals surface area contributed by atoms with Crippen molar-refractivity contribution in [3.63, 3.8) is 0 Å². The fourth-order valence-electron chi connectivity index (χ4n) is 4.25. The largest absolute Gasteiger partial charge is 0.477 e. The highest BCUT2D eigenvalue weighted by molar-refractivity contribution is 7.15. The highest BCUT2D eigenvalue weighted by Gasteiger charge is 2.41. The van der Waals surface area contributed by atoms with E-state index in [1.807, 2.05) is 39.0 Å². The minimum atomic E-state index is -0.714. The smallest absolute Gasteiger partial charge is 0.352 e. The Hall–Kier alpha value is -2.85. The van der Waals surface area contributed by atoms with Gasteiger partial charge in [0.2, 0.25) is 11.8 Å². The van der Waals surface area contributed by atoms with Gasteiger partial charge in [0, 0.05) is 30.0 Å². The molecule has 6 nitrogen and oxygen atoms in total. The van der Waals surface area contributed by atoms with Crippen LogP contribution in [0.15, 0.2) is 30.5 Å². The zero-order valence-corrected chi connectivity index (χ0v) is 21.1. The molecule has 0 aromatic carbocycles. The molecule has 1 atom stereocenters. The van der Waals surface area contributed by atoms with Gasteiger partial charge in [-0.15, -0.1) is 11.3 Å². The Balaban J connectivity index is 1.60. The van der Waals surface area contributed by atoms with Crippen LogP contribution in [0.1, 0.15) is 74.3 Å². The third-order valence-corrected chi connectivity index (χ3v) is 7.12. The number of rotatable bonds is 5. The topological polar surface area (TPSA) is 68.7 Å². The Bertz CT molecular complexity index is 1090. The summed E-state index contributed by atoms with van der Waals surface area (Å²) in [4.78, 5) is 33.7. The lowest BCUT2D eigenvalue weighted by Crippen LogP contribution is -2.50. The van der Waals surface area contributed by atoms with E-state index in [4.69, 9.17) is 9.47 Å². The molecule has 0 N–H and O–H groups in total. The fraction of sp³-hybridized carbons (Fsp3) is 0.519. The Morgan fingerprint density at radius 2 is 2.03 bits per heavy atom. The van der Waals surface area contributed by atoms with Crippen molar-refractivity contribution >= 4 is 28.9 Å². The molecule has 1 fully saturated rings. The molecule has 0 radical (unpaired) electrons. The normalized spacial score (nSPS) is 22.3. The molecular weight excluding hydrogens is 448 g/mol. The maximum Gasteiger partial charge on any atom is 0.352 e. The van der Waals surface area contributed by atoms with Crippen molar-refractivity contribution in [3.8, 4) is 17.7 Å². The molecule has 34 heavy (non-hydrogen) atoms. The molecule has 1 aliphatic heterocycles. The van der Waals surface area contributed by atoms with Crippen molar-refractivity contribution in [1.29, 1.82) is 0 Å². The highest BCUT2D eigenvalue weighted by atomic mass is 32.1. The molecule has 2 aromatic heterocycles. The van der Waals surface area contributed by atoms with E-state index in [2.05, 4.69) is 23.7 Å². The monoisotopic (exact) mass is 480 g/mol. The first-order valence-electron chi connectivity index (χ1n) is 12.0. The van der Waals surface area contributed by atoms with E-state index >= 15 is 0 Å². The first-order chi connectivity index (χ1) is 16.2. The Labute approximate surface area is 205 Å². The van der Waals surface area contributed by atoms with Crippen molar-refractivity contribution in [2.24, 2.45) is 17.3 Å². The minimum Gasteiger partial charge on any atom is -0.477 e. The fourth-order valence-corrected chi connectivity index (χ4v) is 5.14. The Morgan fingerprint density at radius 3 is 2.71 bits per heavy atom. The molecule has 1 aliphatic carbocycles. The zero-order chi connectivity index (χ0) is 24.3. The van der Waals surface area contributed by atoms with Crippen molar-refractivity contribution < 1.29 is 19.1 Å². The number of thiophene rings is 1. The number of hydrogen-bond donors (Lipinski definition) is 0. The van der Waals surface area contributed by atoms with Gasteiger partial charge in [-0.3, -0.25) is 9.69 Å². The molecule has 0 unspecified atom stereocenters. The molecule has 180 valence electrons. The molecule has 0 spiro atoms. The third kappa shape index (κ3) is 5.79. The predicted octanol–water partition coefficient (Wildman–Crippen LogP) is 5.67. The third-order valence-electron chi connectivity index (χ3n) is 6.10. The number of cyclic esters (lactones) is 1. The number of ether oxygens (including phenoxy) is 2. The van der Waals surface area contributed by atoms with Gasteiger partial charge >= 0.3 is 5.97 Å². The summed E-state index contributed by atoms with van der Waals surface area (Å²) in [5, 5.41) is 0. The van der Waals surface area contributed by atoms with Gasteiger partial charge in [-0.25, -0.2) is 9.78 Å². The van der Waals surface area contributed by atoms with Crippen LogP contribution in [0.2, 0.25) is 0 Å². The van der Waals surface area contributed by atoms with E-state index in [1.54, 1.807) is 17.2 Å². The average molecular weight is 481 g/mol. The van der Waals surface area contributed by atoms with E-state index in [0.29, 0.717) is 28.8 Å². The van der Waals surface area contributed by atoms with Crippen molar-refractivity contribution in [3.05, 3.63) is 40.2 Å². The molecule has 2 aliphatic rings. The van der Waals surface area contributed by atoms with Gasteiger partial charge in [-0.1, -0.05) is 24.8 Å². The van der Waals surface area contributed by atoms with Gasteiger partial charge < -0.3 is 9.47 Å². The zero-order valence-electron chi connectivity index (χ0n) is 20.3. The molecule has 3 heterocycles. The van der Waals surface area contributed by atoms with Crippen LogP contribution >= 0.6 is 11.3 Å². The number of amides is 1. The van der Waals surface area contributed by atoms with E-state index in [1.165, 1.54) is 11.3 Å². The minimum absolute atomic E-state index is 0.0246. The van der Waals surface area contributed by atoms with Crippen molar-refractivity contribution in [2.45, 2.75) is 66.0 Å². The number of carbonyl (C=O) groups is 2. The summed E-state index contributed by atoms with van der Waals surface area (Å²) in [5.41, 5.74) is 0.455. The van der Waals surface area contributed by atoms with Gasteiger partial charge in [0.1, 0.15) is 4.88 Å². The summed E-state index contributed by atoms with van der Waals surface area (Å²) in [7, 11) is 0. The van der Waals surface area contributed by atoms with E-state index in [-0.39, 0.29) is 23.8 Å². The lowest BCUT2D eigenvalue weighted by molar-refractivity contribution is -0.126. The lowest BCUT2D eigenvalue weighted by Gasteiger charge is -2.38. The molecular formula is C27H32N2O4S. The van der Waals surface area contributed by atoms with Gasteiger partial charge in [0.15, 0.2) is 6.23 Å². The summed E-state index contributed by atoms with van der Waals surface area (Å²) < 4.78 is 11.5. The number of aromatic nitrogens is 1. The maximum atomic E-state index is 13.7. The first-order valence-corrected chi connectivity index (χ1v) is 12.8. The van der Waals surface area contributed by atoms with E-state index < -0.39 is 12.2 Å². The molecule has 2 aromatic rings. The van der Waals surface area contributed by atoms with Crippen molar-refractivity contribution in [2.75, 3.05) is 11.5 Å². The number of pyridine rings is 1. The lowest BCUT2D eigenvalue weighted by atomic mass is 9.82. The van der Waals surface area contributed by atoms with Crippen LogP contribution in [-0.4, -0.2) is 29.7 Å². The van der Waals surface area contributed by atoms with Crippen molar-refractivity contribution in [1.82, 2.24) is 4.98 Å². The SMILES string of the molecule is CC(C)(C)C#Cc1cc2c(s1)C(=O)O[C@@H](CCOc1ccccn1)N2C(=O)[C@H]1CC[C@H](C)CC1. The number of carbonyl (C=O) groups excluding carboxylic acids is 2. The van der Waals surface area contributed by atoms with Crippen LogP contribution in [0.3, 0.4) is 0 Å². The predicted molar refractivity (Wildman–Crippen MR) is 133 cm³/mol. The number of anilines is 1. The second-order valence-corrected chi connectivity index (χ2v) is 11.2. The summed E-state index contributed by atoms with van der Waals surface area (Å²) in [6.45, 7) is 8.63. The van der Waals surface area contributed by atoms with E-state index in [9.17, 15) is 9.59 Å². The standard InChI is InChI=1S/C27H32N2O4S/c1-18-8-10-19(11-9-18)25(30)29-21-17-20(12-14-27(2,3)4)34-24(21)26(31)33-23(29)13-16-32-22-7-5-6-15-28-22/h5-7,15,17-19,23H,8-11,13,16H2,1-4H3/t18-,19-,23-/m0/s1. The summed E-state index contributed by atoms with van der Waals surface area (Å²) in [6.07, 6.45) is 5.10. The van der Waals surface area contributed by atoms with Crippen LogP contribution in [0.25, 0.3) is 0 Å². The molecule has 0 saturated heterocycles. The number of esters is 1. The highest BCUT2D eigenvalue weighted by Crippen LogP contribution is 2.40. The Kier molecular flexibility index (Phi) is 7.27. The maximum absolute atomic E-state index is 13.7. The van der Waals surface area contributed by atoms with Crippen LogP contribution in [0, 0.1) is 29.1 Å². The first kappa shape index (κ1) is 24.3. The molecule has 0 bridgehead atoms. The molecule has 1 amide bonds. The Morgan fingerprint density at radius 1 is 1.26 bits per heavy atom. The average Bonchev–Trinajstić information content (AvgIpc) is 3.23. The van der Waals surface area contributed by atoms with Gasteiger partial charge in [-0.05, 0) is 64.5 Å². The summed E-state index contributed by atoms with van der Waals surface area (Å²) in [5.74, 6) is 7.08. The van der Waals surface area contributed by atoms with Crippen LogP contribution in [-0.2, 0) is 9.53 Å². The quantitative estimate of drug-likeness (QED) is 0.408.